The second-order valence-corrected chi connectivity index (χ2v) is 5.15. The van der Waals surface area contributed by atoms with E-state index in [4.69, 9.17) is 0 Å². The lowest BCUT2D eigenvalue weighted by atomic mass is 10.1. The molecule has 0 bridgehead atoms. The first-order chi connectivity index (χ1) is 10.2. The first kappa shape index (κ1) is 11.9. The molecule has 0 aliphatic heterocycles. The van der Waals surface area contributed by atoms with Crippen molar-refractivity contribution < 1.29 is 0 Å². The SMILES string of the molecule is Cc1ccc2c(ccc(=O)n2-c2nc3ccccc3[nH]2)c1. The van der Waals surface area contributed by atoms with Crippen molar-refractivity contribution in [1.29, 1.82) is 0 Å². The van der Waals surface area contributed by atoms with Gasteiger partial charge in [0.15, 0.2) is 0 Å². The standard InChI is InChI=1S/C17H13N3O/c1-11-6-8-15-12(10-11)7-9-16(21)20(15)17-18-13-4-2-3-5-14(13)19-17/h2-10H,1H3,(H,18,19). The van der Waals surface area contributed by atoms with Crippen LogP contribution in [0.4, 0.5) is 0 Å². The molecule has 2 aromatic carbocycles. The molecule has 4 rings (SSSR count). The third-order valence-corrected chi connectivity index (χ3v) is 3.64. The van der Waals surface area contributed by atoms with Crippen LogP contribution in [0.25, 0.3) is 27.9 Å². The smallest absolute Gasteiger partial charge is 0.257 e. The molecule has 21 heavy (non-hydrogen) atoms. The molecule has 0 saturated carbocycles. The summed E-state index contributed by atoms with van der Waals surface area (Å²) >= 11 is 0. The zero-order chi connectivity index (χ0) is 14.4. The topological polar surface area (TPSA) is 50.7 Å². The molecule has 0 radical (unpaired) electrons. The monoisotopic (exact) mass is 275 g/mol. The van der Waals surface area contributed by atoms with Gasteiger partial charge in [0.05, 0.1) is 16.6 Å². The number of aromatic amines is 1. The summed E-state index contributed by atoms with van der Waals surface area (Å²) in [7, 11) is 0. The Hall–Kier alpha value is -2.88. The maximum absolute atomic E-state index is 12.3. The quantitative estimate of drug-likeness (QED) is 0.580. The normalized spacial score (nSPS) is 11.3. The summed E-state index contributed by atoms with van der Waals surface area (Å²) in [5, 5.41) is 1.02. The number of hydrogen-bond acceptors (Lipinski definition) is 2. The highest BCUT2D eigenvalue weighted by atomic mass is 16.1. The molecule has 0 aliphatic carbocycles. The van der Waals surface area contributed by atoms with Crippen molar-refractivity contribution in [2.24, 2.45) is 0 Å². The van der Waals surface area contributed by atoms with Crippen LogP contribution in [0.1, 0.15) is 5.56 Å². The van der Waals surface area contributed by atoms with Gasteiger partial charge in [-0.3, -0.25) is 4.79 Å². The summed E-state index contributed by atoms with van der Waals surface area (Å²) in [6.07, 6.45) is 0. The second kappa shape index (κ2) is 4.31. The number of para-hydroxylation sites is 2. The van der Waals surface area contributed by atoms with Gasteiger partial charge in [0.1, 0.15) is 0 Å². The van der Waals surface area contributed by atoms with Gasteiger partial charge in [0, 0.05) is 6.07 Å². The average Bonchev–Trinajstić information content (AvgIpc) is 2.90. The summed E-state index contributed by atoms with van der Waals surface area (Å²) in [6.45, 7) is 2.04. The van der Waals surface area contributed by atoms with Gasteiger partial charge in [-0.05, 0) is 42.6 Å². The van der Waals surface area contributed by atoms with Crippen molar-refractivity contribution >= 4 is 21.9 Å². The number of H-pyrrole nitrogens is 1. The Labute approximate surface area is 120 Å². The first-order valence-electron chi connectivity index (χ1n) is 6.80. The maximum Gasteiger partial charge on any atom is 0.257 e. The van der Waals surface area contributed by atoms with Gasteiger partial charge in [-0.15, -0.1) is 0 Å². The van der Waals surface area contributed by atoms with E-state index in [2.05, 4.69) is 16.0 Å². The largest absolute Gasteiger partial charge is 0.323 e. The van der Waals surface area contributed by atoms with E-state index in [-0.39, 0.29) is 5.56 Å². The maximum atomic E-state index is 12.3. The summed E-state index contributed by atoms with van der Waals surface area (Å²) in [4.78, 5) is 20.0. The van der Waals surface area contributed by atoms with Gasteiger partial charge in [-0.1, -0.05) is 23.8 Å². The minimum atomic E-state index is -0.0922. The molecule has 2 heterocycles. The highest BCUT2D eigenvalue weighted by Crippen LogP contribution is 2.18. The van der Waals surface area contributed by atoms with Crippen molar-refractivity contribution in [3.8, 4) is 5.95 Å². The van der Waals surface area contributed by atoms with E-state index >= 15 is 0 Å². The van der Waals surface area contributed by atoms with Gasteiger partial charge in [-0.25, -0.2) is 9.55 Å². The van der Waals surface area contributed by atoms with Gasteiger partial charge in [-0.2, -0.15) is 0 Å². The van der Waals surface area contributed by atoms with Crippen molar-refractivity contribution in [3.63, 3.8) is 0 Å². The number of aryl methyl sites for hydroxylation is 1. The van der Waals surface area contributed by atoms with Crippen LogP contribution < -0.4 is 5.56 Å². The van der Waals surface area contributed by atoms with E-state index in [1.54, 1.807) is 10.6 Å². The molecule has 4 nitrogen and oxygen atoms in total. The van der Waals surface area contributed by atoms with Crippen LogP contribution in [-0.4, -0.2) is 14.5 Å². The Morgan fingerprint density at radius 1 is 1.05 bits per heavy atom. The van der Waals surface area contributed by atoms with Crippen LogP contribution in [0.15, 0.2) is 59.4 Å². The molecule has 0 amide bonds. The van der Waals surface area contributed by atoms with E-state index in [1.807, 2.05) is 49.4 Å². The molecule has 1 N–H and O–H groups in total. The molecule has 0 unspecified atom stereocenters. The number of benzene rings is 2. The van der Waals surface area contributed by atoms with E-state index in [9.17, 15) is 4.79 Å². The number of nitrogens with zero attached hydrogens (tertiary/aromatic N) is 2. The highest BCUT2D eigenvalue weighted by Gasteiger charge is 2.09. The number of rotatable bonds is 1. The number of imidazole rings is 1. The fourth-order valence-electron chi connectivity index (χ4n) is 2.63. The van der Waals surface area contributed by atoms with Gasteiger partial charge in [0.25, 0.3) is 5.56 Å². The van der Waals surface area contributed by atoms with Gasteiger partial charge < -0.3 is 4.98 Å². The van der Waals surface area contributed by atoms with Crippen molar-refractivity contribution in [1.82, 2.24) is 14.5 Å². The third-order valence-electron chi connectivity index (χ3n) is 3.64. The molecule has 4 aromatic rings. The molecule has 0 atom stereocenters. The zero-order valence-electron chi connectivity index (χ0n) is 11.5. The lowest BCUT2D eigenvalue weighted by Gasteiger charge is -2.07. The van der Waals surface area contributed by atoms with Crippen LogP contribution >= 0.6 is 0 Å². The molecule has 4 heteroatoms. The van der Waals surface area contributed by atoms with Crippen LogP contribution in [0.3, 0.4) is 0 Å². The molecule has 0 aliphatic rings. The second-order valence-electron chi connectivity index (χ2n) is 5.15. The van der Waals surface area contributed by atoms with Crippen LogP contribution in [0, 0.1) is 6.92 Å². The molecule has 102 valence electrons. The van der Waals surface area contributed by atoms with Crippen LogP contribution in [0.5, 0.6) is 0 Å². The Bertz CT molecular complexity index is 994. The summed E-state index contributed by atoms with van der Waals surface area (Å²) < 4.78 is 1.62. The van der Waals surface area contributed by atoms with Crippen molar-refractivity contribution in [3.05, 3.63) is 70.5 Å². The fraction of sp³-hybridized carbons (Fsp3) is 0.0588. The predicted octanol–water partition coefficient (Wildman–Crippen LogP) is 3.18. The van der Waals surface area contributed by atoms with Crippen molar-refractivity contribution in [2.75, 3.05) is 0 Å². The Balaban J connectivity index is 2.09. The molecular formula is C17H13N3O. The van der Waals surface area contributed by atoms with Crippen molar-refractivity contribution in [2.45, 2.75) is 6.92 Å². The van der Waals surface area contributed by atoms with E-state index in [0.717, 1.165) is 27.5 Å². The average molecular weight is 275 g/mol. The third kappa shape index (κ3) is 1.84. The number of pyridine rings is 1. The lowest BCUT2D eigenvalue weighted by Crippen LogP contribution is -2.18. The van der Waals surface area contributed by atoms with Crippen LogP contribution in [0.2, 0.25) is 0 Å². The minimum absolute atomic E-state index is 0.0922. The van der Waals surface area contributed by atoms with Crippen LogP contribution in [-0.2, 0) is 0 Å². The van der Waals surface area contributed by atoms with E-state index in [1.165, 1.54) is 0 Å². The van der Waals surface area contributed by atoms with Gasteiger partial charge >= 0.3 is 0 Å². The first-order valence-corrected chi connectivity index (χ1v) is 6.80. The summed E-state index contributed by atoms with van der Waals surface area (Å²) in [6, 6.07) is 17.2. The predicted molar refractivity (Wildman–Crippen MR) is 83.9 cm³/mol. The molecule has 2 aromatic heterocycles. The number of aromatic nitrogens is 3. The number of nitrogens with one attached hydrogen (secondary N) is 1. The molecule has 0 fully saturated rings. The Morgan fingerprint density at radius 3 is 2.76 bits per heavy atom. The van der Waals surface area contributed by atoms with E-state index < -0.39 is 0 Å². The minimum Gasteiger partial charge on any atom is -0.323 e. The lowest BCUT2D eigenvalue weighted by molar-refractivity contribution is 0.959. The molecule has 0 spiro atoms. The number of hydrogen-bond donors (Lipinski definition) is 1. The Morgan fingerprint density at radius 2 is 1.90 bits per heavy atom. The Kier molecular flexibility index (Phi) is 2.44. The highest BCUT2D eigenvalue weighted by molar-refractivity contribution is 5.82. The summed E-state index contributed by atoms with van der Waals surface area (Å²) in [5.41, 5.74) is 3.70. The fourth-order valence-corrected chi connectivity index (χ4v) is 2.63. The summed E-state index contributed by atoms with van der Waals surface area (Å²) in [5.74, 6) is 0.552. The molecule has 0 saturated heterocycles. The molecular weight excluding hydrogens is 262 g/mol. The number of fused-ring (bicyclic) bond motifs is 2. The van der Waals surface area contributed by atoms with E-state index in [0.29, 0.717) is 5.95 Å². The van der Waals surface area contributed by atoms with Gasteiger partial charge in [0.2, 0.25) is 5.95 Å². The zero-order valence-corrected chi connectivity index (χ0v) is 11.5.